The highest BCUT2D eigenvalue weighted by atomic mass is 16.3. The van der Waals surface area contributed by atoms with E-state index >= 15 is 0 Å². The third-order valence-corrected chi connectivity index (χ3v) is 4.00. The summed E-state index contributed by atoms with van der Waals surface area (Å²) in [6, 6.07) is 4.11. The summed E-state index contributed by atoms with van der Waals surface area (Å²) in [5.41, 5.74) is 0.208. The molecule has 1 N–H and O–H groups in total. The first-order chi connectivity index (χ1) is 8.54. The largest absolute Gasteiger partial charge is 0.469 e. The number of furan rings is 1. The summed E-state index contributed by atoms with van der Waals surface area (Å²) < 4.78 is 5.53. The first-order valence-corrected chi connectivity index (χ1v) is 7.32. The maximum Gasteiger partial charge on any atom is 0.104 e. The van der Waals surface area contributed by atoms with E-state index in [1.165, 1.54) is 25.7 Å². The van der Waals surface area contributed by atoms with Gasteiger partial charge in [0.2, 0.25) is 0 Å². The van der Waals surface area contributed by atoms with Gasteiger partial charge in [0.05, 0.1) is 6.26 Å². The fourth-order valence-electron chi connectivity index (χ4n) is 2.96. The fourth-order valence-corrected chi connectivity index (χ4v) is 2.96. The number of hydrogen-bond donors (Lipinski definition) is 1. The summed E-state index contributed by atoms with van der Waals surface area (Å²) >= 11 is 0. The van der Waals surface area contributed by atoms with Gasteiger partial charge in [0.15, 0.2) is 0 Å². The van der Waals surface area contributed by atoms with Gasteiger partial charge in [-0.3, -0.25) is 0 Å². The lowest BCUT2D eigenvalue weighted by Gasteiger charge is -2.28. The molecule has 0 amide bonds. The third kappa shape index (κ3) is 4.16. The van der Waals surface area contributed by atoms with Crippen LogP contribution in [-0.2, 0) is 6.42 Å². The lowest BCUT2D eigenvalue weighted by atomic mass is 9.86. The smallest absolute Gasteiger partial charge is 0.104 e. The standard InChI is InChI=1S/C16H27NO/c1-16(2,3)17-12-14(13-7-4-5-8-13)11-15-9-6-10-18-15/h6,9-10,13-14,17H,4-5,7-8,11-12H2,1-3H3. The highest BCUT2D eigenvalue weighted by Gasteiger charge is 2.26. The number of hydrogen-bond acceptors (Lipinski definition) is 2. The summed E-state index contributed by atoms with van der Waals surface area (Å²) in [6.45, 7) is 7.83. The average Bonchev–Trinajstić information content (AvgIpc) is 2.95. The second-order valence-electron chi connectivity index (χ2n) is 6.72. The molecule has 2 nitrogen and oxygen atoms in total. The lowest BCUT2D eigenvalue weighted by molar-refractivity contribution is 0.274. The average molecular weight is 249 g/mol. The first-order valence-electron chi connectivity index (χ1n) is 7.32. The molecule has 1 aromatic rings. The van der Waals surface area contributed by atoms with Gasteiger partial charge in [-0.15, -0.1) is 0 Å². The molecule has 1 fully saturated rings. The minimum Gasteiger partial charge on any atom is -0.469 e. The van der Waals surface area contributed by atoms with Crippen molar-refractivity contribution >= 4 is 0 Å². The number of nitrogens with one attached hydrogen (secondary N) is 1. The van der Waals surface area contributed by atoms with Crippen LogP contribution in [0.4, 0.5) is 0 Å². The lowest BCUT2D eigenvalue weighted by Crippen LogP contribution is -2.41. The molecule has 0 saturated heterocycles. The molecule has 0 radical (unpaired) electrons. The van der Waals surface area contributed by atoms with Gasteiger partial charge in [-0.2, -0.15) is 0 Å². The van der Waals surface area contributed by atoms with Crippen LogP contribution in [0, 0.1) is 11.8 Å². The summed E-state index contributed by atoms with van der Waals surface area (Å²) in [4.78, 5) is 0. The van der Waals surface area contributed by atoms with Crippen LogP contribution >= 0.6 is 0 Å². The Bertz CT molecular complexity index is 330. The third-order valence-electron chi connectivity index (χ3n) is 4.00. The van der Waals surface area contributed by atoms with Crippen molar-refractivity contribution in [2.45, 2.75) is 58.4 Å². The summed E-state index contributed by atoms with van der Waals surface area (Å²) in [6.07, 6.45) is 8.50. The predicted molar refractivity (Wildman–Crippen MR) is 75.6 cm³/mol. The zero-order valence-corrected chi connectivity index (χ0v) is 12.0. The Kier molecular flexibility index (Phi) is 4.50. The van der Waals surface area contributed by atoms with Gasteiger partial charge < -0.3 is 9.73 Å². The molecule has 1 aliphatic carbocycles. The van der Waals surface area contributed by atoms with E-state index in [9.17, 15) is 0 Å². The molecule has 2 heteroatoms. The second kappa shape index (κ2) is 5.92. The van der Waals surface area contributed by atoms with Crippen molar-refractivity contribution in [2.24, 2.45) is 11.8 Å². The molecule has 102 valence electrons. The zero-order valence-electron chi connectivity index (χ0n) is 12.0. The molecule has 1 atom stereocenters. The predicted octanol–water partition coefficient (Wildman–Crippen LogP) is 4.02. The van der Waals surface area contributed by atoms with Gasteiger partial charge in [-0.1, -0.05) is 25.7 Å². The summed E-state index contributed by atoms with van der Waals surface area (Å²) in [5.74, 6) is 2.74. The van der Waals surface area contributed by atoms with E-state index in [-0.39, 0.29) is 5.54 Å². The van der Waals surface area contributed by atoms with Gasteiger partial charge in [0.1, 0.15) is 5.76 Å². The maximum atomic E-state index is 5.53. The quantitative estimate of drug-likeness (QED) is 0.852. The molecule has 0 aromatic carbocycles. The van der Waals surface area contributed by atoms with Crippen LogP contribution in [0.3, 0.4) is 0 Å². The van der Waals surface area contributed by atoms with Gasteiger partial charge in [0, 0.05) is 12.0 Å². The van der Waals surface area contributed by atoms with Crippen molar-refractivity contribution in [2.75, 3.05) is 6.54 Å². The molecular formula is C16H27NO. The van der Waals surface area contributed by atoms with E-state index in [0.29, 0.717) is 0 Å². The van der Waals surface area contributed by atoms with Crippen molar-refractivity contribution in [1.82, 2.24) is 5.32 Å². The van der Waals surface area contributed by atoms with Gasteiger partial charge in [-0.25, -0.2) is 0 Å². The van der Waals surface area contributed by atoms with Crippen LogP contribution in [0.25, 0.3) is 0 Å². The van der Waals surface area contributed by atoms with Crippen molar-refractivity contribution in [1.29, 1.82) is 0 Å². The van der Waals surface area contributed by atoms with Crippen LogP contribution in [0.5, 0.6) is 0 Å². The van der Waals surface area contributed by atoms with Crippen LogP contribution in [-0.4, -0.2) is 12.1 Å². The monoisotopic (exact) mass is 249 g/mol. The molecule has 0 spiro atoms. The zero-order chi connectivity index (χ0) is 13.0. The van der Waals surface area contributed by atoms with Gasteiger partial charge in [0.25, 0.3) is 0 Å². The normalized spacial score (nSPS) is 19.3. The molecule has 1 unspecified atom stereocenters. The summed E-state index contributed by atoms with van der Waals surface area (Å²) in [7, 11) is 0. The molecule has 0 bridgehead atoms. The van der Waals surface area contributed by atoms with E-state index in [2.05, 4.69) is 32.2 Å². The molecule has 2 rings (SSSR count). The Morgan fingerprint density at radius 1 is 1.33 bits per heavy atom. The molecule has 0 aliphatic heterocycles. The van der Waals surface area contributed by atoms with Crippen molar-refractivity contribution in [3.8, 4) is 0 Å². The van der Waals surface area contributed by atoms with Crippen molar-refractivity contribution in [3.63, 3.8) is 0 Å². The van der Waals surface area contributed by atoms with Crippen LogP contribution in [0.15, 0.2) is 22.8 Å². The van der Waals surface area contributed by atoms with Gasteiger partial charge in [-0.05, 0) is 51.3 Å². The molecule has 1 aromatic heterocycles. The highest BCUT2D eigenvalue weighted by molar-refractivity contribution is 5.00. The Balaban J connectivity index is 1.93. The van der Waals surface area contributed by atoms with Crippen LogP contribution in [0.1, 0.15) is 52.2 Å². The Labute approximate surface area is 111 Å². The summed E-state index contributed by atoms with van der Waals surface area (Å²) in [5, 5.41) is 3.67. The molecule has 1 saturated carbocycles. The molecular weight excluding hydrogens is 222 g/mol. The Morgan fingerprint density at radius 3 is 2.61 bits per heavy atom. The van der Waals surface area contributed by atoms with E-state index in [1.807, 2.05) is 6.07 Å². The van der Waals surface area contributed by atoms with E-state index in [0.717, 1.165) is 30.6 Å². The van der Waals surface area contributed by atoms with E-state index < -0.39 is 0 Å². The van der Waals surface area contributed by atoms with Crippen LogP contribution < -0.4 is 5.32 Å². The maximum absolute atomic E-state index is 5.53. The fraction of sp³-hybridized carbons (Fsp3) is 0.750. The van der Waals surface area contributed by atoms with Crippen LogP contribution in [0.2, 0.25) is 0 Å². The number of rotatable bonds is 5. The Hall–Kier alpha value is -0.760. The molecule has 1 aliphatic rings. The highest BCUT2D eigenvalue weighted by Crippen LogP contribution is 2.33. The minimum absolute atomic E-state index is 0.208. The Morgan fingerprint density at radius 2 is 2.06 bits per heavy atom. The van der Waals surface area contributed by atoms with E-state index in [1.54, 1.807) is 6.26 Å². The van der Waals surface area contributed by atoms with Crippen molar-refractivity contribution in [3.05, 3.63) is 24.2 Å². The second-order valence-corrected chi connectivity index (χ2v) is 6.72. The molecule has 1 heterocycles. The van der Waals surface area contributed by atoms with Gasteiger partial charge >= 0.3 is 0 Å². The molecule has 18 heavy (non-hydrogen) atoms. The SMILES string of the molecule is CC(C)(C)NCC(Cc1ccco1)C1CCCC1. The minimum atomic E-state index is 0.208. The topological polar surface area (TPSA) is 25.2 Å². The van der Waals surface area contributed by atoms with Crippen molar-refractivity contribution < 1.29 is 4.42 Å². The van der Waals surface area contributed by atoms with E-state index in [4.69, 9.17) is 4.42 Å². The first kappa shape index (κ1) is 13.7.